The number of nitrogens with one attached hydrogen (secondary N) is 1. The third kappa shape index (κ3) is 4.84. The minimum Gasteiger partial charge on any atom is -0.350 e. The molecule has 5 nitrogen and oxygen atoms in total. The molecule has 0 saturated carbocycles. The molecule has 0 bridgehead atoms. The molecule has 2 aromatic rings. The summed E-state index contributed by atoms with van der Waals surface area (Å²) in [5.74, 6) is -0.382. The van der Waals surface area contributed by atoms with Crippen LogP contribution in [0.2, 0.25) is 5.02 Å². The van der Waals surface area contributed by atoms with Crippen molar-refractivity contribution in [3.05, 3.63) is 64.7 Å². The molecule has 26 heavy (non-hydrogen) atoms. The molecule has 0 heterocycles. The molecule has 0 fully saturated rings. The summed E-state index contributed by atoms with van der Waals surface area (Å²) < 4.78 is 27.0. The van der Waals surface area contributed by atoms with Crippen molar-refractivity contribution in [1.82, 2.24) is 9.62 Å². The number of carbonyl (C=O) groups excluding carboxylic acids is 1. The van der Waals surface area contributed by atoms with Gasteiger partial charge in [-0.1, -0.05) is 48.9 Å². The monoisotopic (exact) mass is 394 g/mol. The van der Waals surface area contributed by atoms with Crippen molar-refractivity contribution in [2.75, 3.05) is 7.05 Å². The van der Waals surface area contributed by atoms with E-state index in [0.717, 1.165) is 12.0 Å². The number of carbonyl (C=O) groups is 1. The second-order valence-electron chi connectivity index (χ2n) is 6.17. The van der Waals surface area contributed by atoms with E-state index in [-0.39, 0.29) is 34.0 Å². The zero-order valence-corrected chi connectivity index (χ0v) is 16.6. The van der Waals surface area contributed by atoms with E-state index in [9.17, 15) is 13.2 Å². The van der Waals surface area contributed by atoms with Gasteiger partial charge in [0.2, 0.25) is 10.0 Å². The lowest BCUT2D eigenvalue weighted by atomic mass is 10.2. The Balaban J connectivity index is 2.29. The molecule has 0 aliphatic heterocycles. The van der Waals surface area contributed by atoms with Crippen LogP contribution in [0.4, 0.5) is 0 Å². The first kappa shape index (κ1) is 20.4. The van der Waals surface area contributed by atoms with Gasteiger partial charge in [-0.05, 0) is 37.1 Å². The molecule has 0 aromatic heterocycles. The summed E-state index contributed by atoms with van der Waals surface area (Å²) in [4.78, 5) is 12.4. The highest BCUT2D eigenvalue weighted by atomic mass is 35.5. The maximum atomic E-state index is 12.9. The normalized spacial score (nSPS) is 12.8. The second kappa shape index (κ2) is 8.66. The predicted molar refractivity (Wildman–Crippen MR) is 104 cm³/mol. The van der Waals surface area contributed by atoms with Crippen molar-refractivity contribution in [3.8, 4) is 0 Å². The zero-order chi connectivity index (χ0) is 19.3. The smallest absolute Gasteiger partial charge is 0.253 e. The summed E-state index contributed by atoms with van der Waals surface area (Å²) in [6.45, 7) is 4.06. The highest BCUT2D eigenvalue weighted by molar-refractivity contribution is 7.89. The van der Waals surface area contributed by atoms with Crippen molar-refractivity contribution >= 4 is 27.5 Å². The molecule has 1 atom stereocenters. The van der Waals surface area contributed by atoms with Crippen molar-refractivity contribution < 1.29 is 13.2 Å². The van der Waals surface area contributed by atoms with Crippen molar-refractivity contribution in [3.63, 3.8) is 0 Å². The van der Waals surface area contributed by atoms with E-state index in [1.54, 1.807) is 0 Å². The molecule has 0 spiro atoms. The van der Waals surface area contributed by atoms with E-state index >= 15 is 0 Å². The van der Waals surface area contributed by atoms with Gasteiger partial charge < -0.3 is 5.32 Å². The third-order valence-corrected chi connectivity index (χ3v) is 6.26. The molecule has 0 saturated heterocycles. The van der Waals surface area contributed by atoms with Gasteiger partial charge in [-0.2, -0.15) is 4.31 Å². The summed E-state index contributed by atoms with van der Waals surface area (Å²) in [7, 11) is -2.24. The highest BCUT2D eigenvalue weighted by Gasteiger charge is 2.23. The van der Waals surface area contributed by atoms with E-state index in [2.05, 4.69) is 5.32 Å². The van der Waals surface area contributed by atoms with Crippen LogP contribution in [-0.4, -0.2) is 31.7 Å². The number of hydrogen-bond acceptors (Lipinski definition) is 3. The lowest BCUT2D eigenvalue weighted by Crippen LogP contribution is -2.32. The number of rotatable bonds is 7. The average molecular weight is 395 g/mol. The number of hydrogen-bond donors (Lipinski definition) is 1. The van der Waals surface area contributed by atoms with Crippen LogP contribution < -0.4 is 5.32 Å². The summed E-state index contributed by atoms with van der Waals surface area (Å²) in [6.07, 6.45) is 0.765. The molecule has 0 radical (unpaired) electrons. The minimum absolute atomic E-state index is 0.0282. The third-order valence-electron chi connectivity index (χ3n) is 4.13. The number of amides is 1. The van der Waals surface area contributed by atoms with Gasteiger partial charge in [0.1, 0.15) is 0 Å². The zero-order valence-electron chi connectivity index (χ0n) is 15.1. The van der Waals surface area contributed by atoms with E-state index in [1.165, 1.54) is 29.6 Å². The maximum absolute atomic E-state index is 12.9. The Labute approximate surface area is 160 Å². The topological polar surface area (TPSA) is 66.5 Å². The highest BCUT2D eigenvalue weighted by Crippen LogP contribution is 2.23. The van der Waals surface area contributed by atoms with Crippen LogP contribution >= 0.6 is 11.6 Å². The van der Waals surface area contributed by atoms with Crippen molar-refractivity contribution in [2.45, 2.75) is 37.8 Å². The van der Waals surface area contributed by atoms with Gasteiger partial charge in [-0.25, -0.2) is 8.42 Å². The Bertz CT molecular complexity index is 870. The van der Waals surface area contributed by atoms with Crippen LogP contribution in [-0.2, 0) is 16.6 Å². The summed E-state index contributed by atoms with van der Waals surface area (Å²) in [6, 6.07) is 13.5. The molecule has 7 heteroatoms. The minimum atomic E-state index is -3.75. The number of halogens is 1. The van der Waals surface area contributed by atoms with Gasteiger partial charge >= 0.3 is 0 Å². The molecule has 0 aliphatic rings. The van der Waals surface area contributed by atoms with Gasteiger partial charge in [0.05, 0.1) is 15.5 Å². The SMILES string of the molecule is CC[C@@H](C)NC(=O)c1cc(S(=O)(=O)N(C)Cc2ccccc2)ccc1Cl. The van der Waals surface area contributed by atoms with Gasteiger partial charge in [-0.15, -0.1) is 0 Å². The number of nitrogens with zero attached hydrogens (tertiary/aromatic N) is 1. The summed E-state index contributed by atoms with van der Waals surface area (Å²) in [5, 5.41) is 3.02. The Morgan fingerprint density at radius 3 is 2.46 bits per heavy atom. The van der Waals surface area contributed by atoms with Crippen LogP contribution in [0.25, 0.3) is 0 Å². The van der Waals surface area contributed by atoms with Crippen LogP contribution in [0.3, 0.4) is 0 Å². The standard InChI is InChI=1S/C19H23ClN2O3S/c1-4-14(2)21-19(23)17-12-16(10-11-18(17)20)26(24,25)22(3)13-15-8-6-5-7-9-15/h5-12,14H,4,13H2,1-3H3,(H,21,23)/t14-/m1/s1. The Kier molecular flexibility index (Phi) is 6.81. The fourth-order valence-corrected chi connectivity index (χ4v) is 3.74. The van der Waals surface area contributed by atoms with Gasteiger partial charge in [0, 0.05) is 19.6 Å². The second-order valence-corrected chi connectivity index (χ2v) is 8.62. The Hall–Kier alpha value is -1.89. The van der Waals surface area contributed by atoms with Crippen LogP contribution in [0.5, 0.6) is 0 Å². The molecule has 1 amide bonds. The molecule has 0 unspecified atom stereocenters. The number of sulfonamides is 1. The first-order valence-electron chi connectivity index (χ1n) is 8.36. The van der Waals surface area contributed by atoms with Gasteiger partial charge in [0.15, 0.2) is 0 Å². The molecule has 2 aromatic carbocycles. The van der Waals surface area contributed by atoms with E-state index in [1.807, 2.05) is 44.2 Å². The average Bonchev–Trinajstić information content (AvgIpc) is 2.62. The first-order valence-corrected chi connectivity index (χ1v) is 10.2. The van der Waals surface area contributed by atoms with Crippen molar-refractivity contribution in [2.24, 2.45) is 0 Å². The fraction of sp³-hybridized carbons (Fsp3) is 0.316. The molecular weight excluding hydrogens is 372 g/mol. The molecule has 2 rings (SSSR count). The van der Waals surface area contributed by atoms with Crippen molar-refractivity contribution in [1.29, 1.82) is 0 Å². The summed E-state index contributed by atoms with van der Waals surface area (Å²) >= 11 is 6.11. The summed E-state index contributed by atoms with van der Waals surface area (Å²) in [5.41, 5.74) is 1.03. The Morgan fingerprint density at radius 1 is 1.19 bits per heavy atom. The quantitative estimate of drug-likeness (QED) is 0.778. The van der Waals surface area contributed by atoms with Gasteiger partial charge in [-0.3, -0.25) is 4.79 Å². The molecule has 0 aliphatic carbocycles. The predicted octanol–water partition coefficient (Wildman–Crippen LogP) is 3.69. The largest absolute Gasteiger partial charge is 0.350 e. The van der Waals surface area contributed by atoms with E-state index in [4.69, 9.17) is 11.6 Å². The fourth-order valence-electron chi connectivity index (χ4n) is 2.35. The lowest BCUT2D eigenvalue weighted by Gasteiger charge is -2.18. The van der Waals surface area contributed by atoms with Gasteiger partial charge in [0.25, 0.3) is 5.91 Å². The molecule has 1 N–H and O–H groups in total. The van der Waals surface area contributed by atoms with Crippen LogP contribution in [0, 0.1) is 0 Å². The maximum Gasteiger partial charge on any atom is 0.253 e. The lowest BCUT2D eigenvalue weighted by molar-refractivity contribution is 0.0939. The van der Waals surface area contributed by atoms with Crippen LogP contribution in [0.1, 0.15) is 36.2 Å². The number of benzene rings is 2. The van der Waals surface area contributed by atoms with E-state index < -0.39 is 10.0 Å². The van der Waals surface area contributed by atoms with Crippen LogP contribution in [0.15, 0.2) is 53.4 Å². The molecular formula is C19H23ClN2O3S. The Morgan fingerprint density at radius 2 is 1.85 bits per heavy atom. The first-order chi connectivity index (χ1) is 12.3. The molecule has 140 valence electrons. The van der Waals surface area contributed by atoms with E-state index in [0.29, 0.717) is 0 Å².